The van der Waals surface area contributed by atoms with Crippen LogP contribution in [0.3, 0.4) is 0 Å². The van der Waals surface area contributed by atoms with E-state index in [2.05, 4.69) is 178 Å². The summed E-state index contributed by atoms with van der Waals surface area (Å²) in [6, 6.07) is 62.2. The van der Waals surface area contributed by atoms with E-state index in [0.29, 0.717) is 5.95 Å². The third kappa shape index (κ3) is 4.03. The Balaban J connectivity index is 1.30. The maximum atomic E-state index is 5.34. The van der Waals surface area contributed by atoms with Gasteiger partial charge in [0.15, 0.2) is 0 Å². The van der Waals surface area contributed by atoms with E-state index in [1.807, 2.05) is 12.1 Å². The Bertz CT molecular complexity index is 2900. The highest BCUT2D eigenvalue weighted by Gasteiger charge is 2.30. The molecular weight excluding hydrogens is 623 g/mol. The van der Waals surface area contributed by atoms with Gasteiger partial charge < -0.3 is 9.47 Å². The van der Waals surface area contributed by atoms with Crippen molar-refractivity contribution in [1.29, 1.82) is 0 Å². The van der Waals surface area contributed by atoms with Gasteiger partial charge in [-0.15, -0.1) is 0 Å². The molecule has 4 heterocycles. The number of aromatic nitrogens is 4. The van der Waals surface area contributed by atoms with Gasteiger partial charge >= 0.3 is 0 Å². The number of benzene rings is 7. The second-order valence-electron chi connectivity index (χ2n) is 13.0. The van der Waals surface area contributed by atoms with Gasteiger partial charge in [0.25, 0.3) is 0 Å². The predicted octanol–water partition coefficient (Wildman–Crippen LogP) is 11.8. The summed E-state index contributed by atoms with van der Waals surface area (Å²) in [6.45, 7) is 0. The van der Waals surface area contributed by atoms with E-state index in [0.717, 1.165) is 61.8 Å². The number of rotatable bonds is 4. The van der Waals surface area contributed by atoms with Gasteiger partial charge in [-0.1, -0.05) is 127 Å². The van der Waals surface area contributed by atoms with Gasteiger partial charge in [0, 0.05) is 38.4 Å². The first-order chi connectivity index (χ1) is 25.3. The quantitative estimate of drug-likeness (QED) is 0.190. The molecule has 0 spiro atoms. The van der Waals surface area contributed by atoms with Gasteiger partial charge in [0.05, 0.1) is 50.5 Å². The van der Waals surface area contributed by atoms with Gasteiger partial charge in [-0.2, -0.15) is 0 Å². The normalized spacial score (nSPS) is 12.3. The molecule has 0 atom stereocenters. The first-order valence-corrected chi connectivity index (χ1v) is 17.3. The van der Waals surface area contributed by atoms with Crippen molar-refractivity contribution < 1.29 is 0 Å². The molecule has 51 heavy (non-hydrogen) atoms. The molecule has 0 amide bonds. The zero-order chi connectivity index (χ0) is 33.5. The van der Waals surface area contributed by atoms with Crippen LogP contribution >= 0.6 is 0 Å². The fourth-order valence-electron chi connectivity index (χ4n) is 8.10. The number of anilines is 3. The van der Waals surface area contributed by atoms with Crippen LogP contribution in [0.25, 0.3) is 77.8 Å². The summed E-state index contributed by atoms with van der Waals surface area (Å²) in [4.78, 5) is 13.1. The van der Waals surface area contributed by atoms with Crippen LogP contribution in [0.15, 0.2) is 176 Å². The molecule has 11 rings (SSSR count). The average Bonchev–Trinajstić information content (AvgIpc) is 3.73. The van der Waals surface area contributed by atoms with Crippen molar-refractivity contribution in [2.24, 2.45) is 0 Å². The molecule has 7 aromatic carbocycles. The third-order valence-electron chi connectivity index (χ3n) is 10.2. The summed E-state index contributed by atoms with van der Waals surface area (Å²) in [7, 11) is 0. The van der Waals surface area contributed by atoms with Crippen molar-refractivity contribution >= 4 is 60.7 Å². The molecule has 0 unspecified atom stereocenters. The zero-order valence-electron chi connectivity index (χ0n) is 27.5. The zero-order valence-corrected chi connectivity index (χ0v) is 27.5. The van der Waals surface area contributed by atoms with Crippen LogP contribution in [0.1, 0.15) is 0 Å². The Morgan fingerprint density at radius 3 is 1.69 bits per heavy atom. The lowest BCUT2D eigenvalue weighted by Crippen LogP contribution is -2.17. The van der Waals surface area contributed by atoms with Crippen LogP contribution in [0.2, 0.25) is 0 Å². The highest BCUT2D eigenvalue weighted by atomic mass is 15.2. The van der Waals surface area contributed by atoms with Crippen LogP contribution in [0.4, 0.5) is 17.1 Å². The van der Waals surface area contributed by atoms with Crippen LogP contribution in [0, 0.1) is 0 Å². The fraction of sp³-hybridized carbons (Fsp3) is 0. The lowest BCUT2D eigenvalue weighted by atomic mass is 10.1. The minimum Gasteiger partial charge on any atom is -0.306 e. The first kappa shape index (κ1) is 27.9. The molecule has 1 aliphatic rings. The van der Waals surface area contributed by atoms with E-state index < -0.39 is 0 Å². The van der Waals surface area contributed by atoms with Crippen LogP contribution < -0.4 is 4.90 Å². The maximum Gasteiger partial charge on any atom is 0.235 e. The van der Waals surface area contributed by atoms with Crippen molar-refractivity contribution in [3.63, 3.8) is 0 Å². The van der Waals surface area contributed by atoms with Crippen molar-refractivity contribution in [3.8, 4) is 34.2 Å². The Hall–Kier alpha value is -6.98. The summed E-state index contributed by atoms with van der Waals surface area (Å²) < 4.78 is 4.74. The van der Waals surface area contributed by atoms with Crippen molar-refractivity contribution in [1.82, 2.24) is 19.1 Å². The number of hydrogen-bond donors (Lipinski definition) is 0. The van der Waals surface area contributed by atoms with Crippen LogP contribution in [0.5, 0.6) is 0 Å². The van der Waals surface area contributed by atoms with Crippen molar-refractivity contribution in [2.45, 2.75) is 0 Å². The molecule has 5 nitrogen and oxygen atoms in total. The molecule has 0 fully saturated rings. The largest absolute Gasteiger partial charge is 0.306 e. The predicted molar refractivity (Wildman–Crippen MR) is 210 cm³/mol. The van der Waals surface area contributed by atoms with Gasteiger partial charge in [-0.05, 0) is 48.5 Å². The molecule has 238 valence electrons. The number of nitrogens with zero attached hydrogens (tertiary/aromatic N) is 5. The summed E-state index contributed by atoms with van der Waals surface area (Å²) in [5.41, 5.74) is 12.9. The highest BCUT2D eigenvalue weighted by molar-refractivity contribution is 6.28. The second-order valence-corrected chi connectivity index (χ2v) is 13.0. The van der Waals surface area contributed by atoms with Crippen LogP contribution in [-0.2, 0) is 0 Å². The van der Waals surface area contributed by atoms with Crippen molar-refractivity contribution in [3.05, 3.63) is 176 Å². The average molecular weight is 652 g/mol. The van der Waals surface area contributed by atoms with E-state index >= 15 is 0 Å². The number of fused-ring (bicyclic) bond motifs is 9. The molecular formula is C46H29N5. The third-order valence-corrected chi connectivity index (χ3v) is 10.2. The SMILES string of the molecule is c1ccc(-c2cc(-c3ccccc3)nc(-n3c4ccccc4c4ccc5c(c6cccc7c6n5-c5ccccc5N7c5ccccc5)c43)n2)cc1. The minimum atomic E-state index is 0.646. The molecule has 5 heteroatoms. The van der Waals surface area contributed by atoms with Crippen LogP contribution in [-0.4, -0.2) is 19.1 Å². The molecule has 0 radical (unpaired) electrons. The van der Waals surface area contributed by atoms with E-state index in [1.165, 1.54) is 27.1 Å². The first-order valence-electron chi connectivity index (χ1n) is 17.3. The topological polar surface area (TPSA) is 38.9 Å². The summed E-state index contributed by atoms with van der Waals surface area (Å²) in [6.07, 6.45) is 0. The highest BCUT2D eigenvalue weighted by Crippen LogP contribution is 2.51. The van der Waals surface area contributed by atoms with Gasteiger partial charge in [0.2, 0.25) is 5.95 Å². The van der Waals surface area contributed by atoms with Crippen molar-refractivity contribution in [2.75, 3.05) is 4.90 Å². The fourth-order valence-corrected chi connectivity index (χ4v) is 8.10. The lowest BCUT2D eigenvalue weighted by Gasteiger charge is -2.33. The van der Waals surface area contributed by atoms with E-state index in [4.69, 9.17) is 9.97 Å². The maximum absolute atomic E-state index is 5.34. The van der Waals surface area contributed by atoms with E-state index in [1.54, 1.807) is 0 Å². The molecule has 1 aliphatic heterocycles. The Morgan fingerprint density at radius 2 is 0.961 bits per heavy atom. The summed E-state index contributed by atoms with van der Waals surface area (Å²) >= 11 is 0. The summed E-state index contributed by atoms with van der Waals surface area (Å²) in [5.74, 6) is 0.646. The molecule has 10 aromatic rings. The van der Waals surface area contributed by atoms with E-state index in [9.17, 15) is 0 Å². The molecule has 0 saturated heterocycles. The lowest BCUT2D eigenvalue weighted by molar-refractivity contribution is 0.998. The monoisotopic (exact) mass is 651 g/mol. The molecule has 0 saturated carbocycles. The van der Waals surface area contributed by atoms with Gasteiger partial charge in [-0.25, -0.2) is 9.97 Å². The smallest absolute Gasteiger partial charge is 0.235 e. The summed E-state index contributed by atoms with van der Waals surface area (Å²) in [5, 5.41) is 4.71. The van der Waals surface area contributed by atoms with Gasteiger partial charge in [0.1, 0.15) is 0 Å². The second kappa shape index (κ2) is 10.8. The molecule has 0 aliphatic carbocycles. The molecule has 0 bridgehead atoms. The minimum absolute atomic E-state index is 0.646. The van der Waals surface area contributed by atoms with E-state index in [-0.39, 0.29) is 0 Å². The Labute approximate surface area is 293 Å². The Morgan fingerprint density at radius 1 is 0.373 bits per heavy atom. The number of para-hydroxylation sites is 5. The number of hydrogen-bond acceptors (Lipinski definition) is 3. The Kier molecular flexibility index (Phi) is 5.89. The standard InChI is InChI=1S/C46H29N5/c1-4-15-30(16-5-1)36-29-37(31-17-6-2-7-18-31)48-46(47-36)51-38-23-11-10-21-33(38)34-27-28-41-43(45(34)51)35-22-14-26-42-44(35)50(41)40-25-13-12-24-39(40)49(42)32-19-8-3-9-20-32/h1-29H. The van der Waals surface area contributed by atoms with Gasteiger partial charge in [-0.3, -0.25) is 4.57 Å². The molecule has 3 aromatic heterocycles. The molecule has 0 N–H and O–H groups in total.